The molecule has 2 aliphatic heterocycles. The lowest BCUT2D eigenvalue weighted by molar-refractivity contribution is -0.172. The lowest BCUT2D eigenvalue weighted by Crippen LogP contribution is -2.58. The molecule has 16 heteroatoms. The van der Waals surface area contributed by atoms with Gasteiger partial charge < -0.3 is 30.1 Å². The van der Waals surface area contributed by atoms with Crippen molar-refractivity contribution in [2.45, 2.75) is 82.2 Å². The zero-order chi connectivity index (χ0) is 35.0. The van der Waals surface area contributed by atoms with E-state index < -0.39 is 55.5 Å². The van der Waals surface area contributed by atoms with Crippen molar-refractivity contribution in [3.8, 4) is 5.75 Å². The van der Waals surface area contributed by atoms with Gasteiger partial charge in [-0.25, -0.2) is 18.6 Å². The zero-order valence-corrected chi connectivity index (χ0v) is 27.4. The summed E-state index contributed by atoms with van der Waals surface area (Å²) in [5.74, 6) is -2.91. The normalized spacial score (nSPS) is 19.6. The highest BCUT2D eigenvalue weighted by Crippen LogP contribution is 2.42. The van der Waals surface area contributed by atoms with Crippen molar-refractivity contribution < 1.29 is 36.3 Å². The predicted molar refractivity (Wildman–Crippen MR) is 172 cm³/mol. The second-order valence-electron chi connectivity index (χ2n) is 12.7. The number of amides is 3. The van der Waals surface area contributed by atoms with E-state index in [0.29, 0.717) is 28.1 Å². The van der Waals surface area contributed by atoms with Crippen LogP contribution in [0.25, 0.3) is 0 Å². The number of halogens is 5. The van der Waals surface area contributed by atoms with Crippen molar-refractivity contribution >= 4 is 40.8 Å². The number of alkyl halides is 5. The number of piperidine rings is 1. The summed E-state index contributed by atoms with van der Waals surface area (Å²) < 4.78 is 75.1. The minimum atomic E-state index is -4.70. The van der Waals surface area contributed by atoms with Crippen LogP contribution in [0.3, 0.4) is 0 Å². The third kappa shape index (κ3) is 7.42. The number of benzene rings is 1. The van der Waals surface area contributed by atoms with Crippen LogP contribution in [0, 0.1) is 0 Å². The number of aromatic nitrogens is 2. The summed E-state index contributed by atoms with van der Waals surface area (Å²) in [5.41, 5.74) is 1.82. The number of rotatable bonds is 9. The monoisotopic (exact) mass is 680 g/mol. The van der Waals surface area contributed by atoms with Crippen molar-refractivity contribution in [2.24, 2.45) is 0 Å². The SMILES string of the molecule is C=CC(=O)Nc1cc(Nc2ncc3c(n2)N(C2CCC(F)(F)CC2)C(=O)N([C@@H](C)C(F)(F)F)C3)c(OC)cc1N1CCC(N(C)C)CC1. The minimum absolute atomic E-state index is 0.0103. The number of ether oxygens (including phenoxy) is 1. The molecule has 11 nitrogen and oxygen atoms in total. The number of nitrogens with zero attached hydrogens (tertiary/aromatic N) is 6. The van der Waals surface area contributed by atoms with Gasteiger partial charge in [0.1, 0.15) is 17.6 Å². The maximum absolute atomic E-state index is 14.1. The molecule has 2 fully saturated rings. The number of hydrogen-bond donors (Lipinski definition) is 2. The number of urea groups is 1. The van der Waals surface area contributed by atoms with E-state index in [0.717, 1.165) is 49.5 Å². The second kappa shape index (κ2) is 13.7. The smallest absolute Gasteiger partial charge is 0.408 e. The Bertz CT molecular complexity index is 1520. The van der Waals surface area contributed by atoms with Gasteiger partial charge in [0.15, 0.2) is 0 Å². The van der Waals surface area contributed by atoms with Gasteiger partial charge in [0.25, 0.3) is 0 Å². The first-order valence-corrected chi connectivity index (χ1v) is 15.9. The molecule has 5 rings (SSSR count). The molecule has 1 saturated heterocycles. The molecule has 1 saturated carbocycles. The van der Waals surface area contributed by atoms with Crippen LogP contribution in [0.15, 0.2) is 31.0 Å². The molecule has 0 radical (unpaired) electrons. The van der Waals surface area contributed by atoms with Gasteiger partial charge in [-0.2, -0.15) is 18.2 Å². The molecule has 1 aliphatic carbocycles. The average molecular weight is 681 g/mol. The lowest BCUT2D eigenvalue weighted by Gasteiger charge is -2.44. The molecule has 262 valence electrons. The maximum atomic E-state index is 14.1. The Morgan fingerprint density at radius 1 is 1.15 bits per heavy atom. The summed E-state index contributed by atoms with van der Waals surface area (Å²) in [7, 11) is 5.57. The van der Waals surface area contributed by atoms with E-state index in [1.165, 1.54) is 13.3 Å². The summed E-state index contributed by atoms with van der Waals surface area (Å²) in [5, 5.41) is 5.92. The van der Waals surface area contributed by atoms with E-state index in [1.54, 1.807) is 12.1 Å². The van der Waals surface area contributed by atoms with Gasteiger partial charge in [-0.15, -0.1) is 0 Å². The summed E-state index contributed by atoms with van der Waals surface area (Å²) in [4.78, 5) is 41.1. The third-order valence-electron chi connectivity index (χ3n) is 9.40. The zero-order valence-electron chi connectivity index (χ0n) is 27.4. The first-order valence-electron chi connectivity index (χ1n) is 15.9. The molecule has 0 spiro atoms. The van der Waals surface area contributed by atoms with Gasteiger partial charge in [-0.05, 0) is 58.8 Å². The fourth-order valence-electron chi connectivity index (χ4n) is 6.47. The topological polar surface area (TPSA) is 106 Å². The van der Waals surface area contributed by atoms with Crippen molar-refractivity contribution in [1.82, 2.24) is 19.8 Å². The predicted octanol–water partition coefficient (Wildman–Crippen LogP) is 6.15. The highest BCUT2D eigenvalue weighted by Gasteiger charge is 2.48. The van der Waals surface area contributed by atoms with Crippen LogP contribution < -0.4 is 25.2 Å². The molecule has 1 atom stereocenters. The molecule has 3 amide bonds. The molecule has 2 N–H and O–H groups in total. The first kappa shape index (κ1) is 35.1. The molecular formula is C32H41F5N8O3. The number of carbonyl (C=O) groups is 2. The Morgan fingerprint density at radius 3 is 2.40 bits per heavy atom. The van der Waals surface area contributed by atoms with E-state index >= 15 is 0 Å². The molecule has 0 unspecified atom stereocenters. The number of nitrogens with one attached hydrogen (secondary N) is 2. The number of anilines is 5. The Labute approximate surface area is 276 Å². The third-order valence-corrected chi connectivity index (χ3v) is 9.40. The molecule has 2 aromatic rings. The summed E-state index contributed by atoms with van der Waals surface area (Å²) in [6.07, 6.45) is -1.60. The Morgan fingerprint density at radius 2 is 1.81 bits per heavy atom. The molecule has 3 heterocycles. The maximum Gasteiger partial charge on any atom is 0.408 e. The van der Waals surface area contributed by atoms with Gasteiger partial charge in [0.2, 0.25) is 17.8 Å². The molecule has 0 bridgehead atoms. The summed E-state index contributed by atoms with van der Waals surface area (Å²) in [6.45, 7) is 5.51. The Hall–Kier alpha value is -4.21. The first-order chi connectivity index (χ1) is 22.6. The van der Waals surface area contributed by atoms with Crippen molar-refractivity contribution in [2.75, 3.05) is 54.7 Å². The van der Waals surface area contributed by atoms with Crippen LogP contribution in [0.2, 0.25) is 0 Å². The fraction of sp³-hybridized carbons (Fsp3) is 0.562. The van der Waals surface area contributed by atoms with Crippen molar-refractivity contribution in [1.29, 1.82) is 0 Å². The van der Waals surface area contributed by atoms with Crippen LogP contribution >= 0.6 is 0 Å². The van der Waals surface area contributed by atoms with Crippen LogP contribution in [-0.2, 0) is 11.3 Å². The number of fused-ring (bicyclic) bond motifs is 1. The Kier molecular flexibility index (Phi) is 10.0. The summed E-state index contributed by atoms with van der Waals surface area (Å²) >= 11 is 0. The largest absolute Gasteiger partial charge is 0.494 e. The van der Waals surface area contributed by atoms with Gasteiger partial charge in [-0.1, -0.05) is 6.58 Å². The van der Waals surface area contributed by atoms with Crippen molar-refractivity contribution in [3.63, 3.8) is 0 Å². The van der Waals surface area contributed by atoms with Gasteiger partial charge in [0.05, 0.1) is 30.7 Å². The fourth-order valence-corrected chi connectivity index (χ4v) is 6.47. The number of carbonyl (C=O) groups excluding carboxylic acids is 2. The summed E-state index contributed by atoms with van der Waals surface area (Å²) in [6, 6.07) is 0.00889. The van der Waals surface area contributed by atoms with Gasteiger partial charge in [-0.3, -0.25) is 9.69 Å². The standard InChI is InChI=1S/C32H41F5N8O3/c1-6-27(46)39-23-15-24(26(48-5)16-25(23)43-13-9-21(10-14-43)42(3)4)40-29-38-17-20-18-44(19(2)32(35,36)37)30(47)45(28(20)41-29)22-7-11-31(33,34)12-8-22/h6,15-17,19,21-22H,1,7-14,18H2,2-5H3,(H,39,46)(H,38,40,41)/t19-/m0/s1. The Balaban J connectivity index is 1.50. The second-order valence-corrected chi connectivity index (χ2v) is 12.7. The van der Waals surface area contributed by atoms with Crippen LogP contribution in [-0.4, -0.2) is 96.2 Å². The van der Waals surface area contributed by atoms with Gasteiger partial charge >= 0.3 is 12.2 Å². The molecule has 1 aromatic heterocycles. The van der Waals surface area contributed by atoms with E-state index in [1.807, 2.05) is 14.1 Å². The van der Waals surface area contributed by atoms with Gasteiger partial charge in [0, 0.05) is 55.8 Å². The quantitative estimate of drug-likeness (QED) is 0.240. The van der Waals surface area contributed by atoms with E-state index in [4.69, 9.17) is 4.74 Å². The molecule has 3 aliphatic rings. The molecule has 1 aromatic carbocycles. The lowest BCUT2D eigenvalue weighted by atomic mass is 9.90. The van der Waals surface area contributed by atoms with Crippen LogP contribution in [0.5, 0.6) is 5.75 Å². The molecule has 48 heavy (non-hydrogen) atoms. The molecular weight excluding hydrogens is 639 g/mol. The van der Waals surface area contributed by atoms with Crippen molar-refractivity contribution in [3.05, 3.63) is 36.5 Å². The van der Waals surface area contributed by atoms with E-state index in [2.05, 4.69) is 37.0 Å². The average Bonchev–Trinajstić information content (AvgIpc) is 3.04. The highest BCUT2D eigenvalue weighted by atomic mass is 19.4. The highest BCUT2D eigenvalue weighted by molar-refractivity contribution is 6.02. The number of hydrogen-bond acceptors (Lipinski definition) is 8. The van der Waals surface area contributed by atoms with Crippen LogP contribution in [0.4, 0.5) is 55.6 Å². The minimum Gasteiger partial charge on any atom is -0.494 e. The van der Waals surface area contributed by atoms with Crippen LogP contribution in [0.1, 0.15) is 51.0 Å². The van der Waals surface area contributed by atoms with E-state index in [-0.39, 0.29) is 30.2 Å². The van der Waals surface area contributed by atoms with E-state index in [9.17, 15) is 31.5 Å². The number of methoxy groups -OCH3 is 1.